The highest BCUT2D eigenvalue weighted by atomic mass is 16.5. The topological polar surface area (TPSA) is 48.3 Å². The van der Waals surface area contributed by atoms with Crippen molar-refractivity contribution in [3.05, 3.63) is 76.7 Å². The lowest BCUT2D eigenvalue weighted by Crippen LogP contribution is -2.15. The van der Waals surface area contributed by atoms with Gasteiger partial charge in [-0.2, -0.15) is 0 Å². The molecule has 2 aromatic carbocycles. The predicted molar refractivity (Wildman–Crippen MR) is 80.9 cm³/mol. The fourth-order valence-electron chi connectivity index (χ4n) is 2.35. The molecule has 1 aromatic heterocycles. The first-order valence-electron chi connectivity index (χ1n) is 6.50. The maximum atomic E-state index is 12.0. The summed E-state index contributed by atoms with van der Waals surface area (Å²) in [5.41, 5.74) is 1.18. The van der Waals surface area contributed by atoms with E-state index < -0.39 is 0 Å². The molecule has 0 saturated heterocycles. The van der Waals surface area contributed by atoms with Crippen LogP contribution < -0.4 is 5.56 Å². The van der Waals surface area contributed by atoms with Crippen molar-refractivity contribution in [3.63, 3.8) is 0 Å². The molecule has 0 saturated carbocycles. The van der Waals surface area contributed by atoms with Gasteiger partial charge in [-0.05, 0) is 29.7 Å². The number of nitrogens with zero attached hydrogens (tertiary/aromatic N) is 1. The van der Waals surface area contributed by atoms with Crippen LogP contribution in [-0.4, -0.2) is 17.6 Å². The van der Waals surface area contributed by atoms with Crippen molar-refractivity contribution in [2.24, 2.45) is 0 Å². The van der Waals surface area contributed by atoms with Gasteiger partial charge in [-0.1, -0.05) is 24.3 Å². The van der Waals surface area contributed by atoms with E-state index in [4.69, 9.17) is 4.74 Å². The molecule has 0 aliphatic carbocycles. The summed E-state index contributed by atoms with van der Waals surface area (Å²) in [5, 5.41) is 1.78. The Labute approximate surface area is 121 Å². The van der Waals surface area contributed by atoms with Gasteiger partial charge in [0, 0.05) is 17.6 Å². The largest absolute Gasteiger partial charge is 0.465 e. The first-order chi connectivity index (χ1) is 10.2. The van der Waals surface area contributed by atoms with Crippen molar-refractivity contribution in [1.82, 2.24) is 4.57 Å². The fraction of sp³-hybridized carbons (Fsp3) is 0.0588. The molecule has 4 heteroatoms. The van der Waals surface area contributed by atoms with Gasteiger partial charge in [0.05, 0.1) is 18.4 Å². The second kappa shape index (κ2) is 5.25. The molecule has 3 rings (SSSR count). The van der Waals surface area contributed by atoms with E-state index in [1.165, 1.54) is 13.2 Å². The summed E-state index contributed by atoms with van der Waals surface area (Å²) in [6, 6.07) is 16.0. The smallest absolute Gasteiger partial charge is 0.337 e. The number of hydrogen-bond donors (Lipinski definition) is 0. The summed E-state index contributed by atoms with van der Waals surface area (Å²) in [5.74, 6) is -0.376. The van der Waals surface area contributed by atoms with E-state index in [0.29, 0.717) is 5.56 Å². The molecule has 0 aliphatic heterocycles. The molecule has 1 heterocycles. The Morgan fingerprint density at radius 1 is 1.05 bits per heavy atom. The second-order valence-electron chi connectivity index (χ2n) is 4.61. The Morgan fingerprint density at radius 2 is 1.90 bits per heavy atom. The van der Waals surface area contributed by atoms with E-state index in [0.717, 1.165) is 16.5 Å². The lowest BCUT2D eigenvalue weighted by Gasteiger charge is -2.10. The first-order valence-corrected chi connectivity index (χ1v) is 6.50. The van der Waals surface area contributed by atoms with Crippen molar-refractivity contribution < 1.29 is 9.53 Å². The molecule has 104 valence electrons. The summed E-state index contributed by atoms with van der Waals surface area (Å²) in [7, 11) is 1.35. The number of ether oxygens (including phenoxy) is 1. The summed E-state index contributed by atoms with van der Waals surface area (Å²) >= 11 is 0. The average Bonchev–Trinajstić information content (AvgIpc) is 2.53. The molecular formula is C17H13NO3. The minimum absolute atomic E-state index is 0.0953. The van der Waals surface area contributed by atoms with Crippen LogP contribution in [0.25, 0.3) is 16.5 Å². The van der Waals surface area contributed by atoms with Gasteiger partial charge in [-0.25, -0.2) is 4.79 Å². The predicted octanol–water partition coefficient (Wildman–Crippen LogP) is 2.78. The molecule has 4 nitrogen and oxygen atoms in total. The number of rotatable bonds is 2. The number of fused-ring (bicyclic) bond motifs is 1. The highest BCUT2D eigenvalue weighted by Crippen LogP contribution is 2.23. The van der Waals surface area contributed by atoms with Gasteiger partial charge in [-0.3, -0.25) is 9.36 Å². The molecule has 0 atom stereocenters. The summed E-state index contributed by atoms with van der Waals surface area (Å²) < 4.78 is 6.31. The number of methoxy groups -OCH3 is 1. The molecule has 21 heavy (non-hydrogen) atoms. The number of pyridine rings is 1. The van der Waals surface area contributed by atoms with Gasteiger partial charge in [0.15, 0.2) is 0 Å². The van der Waals surface area contributed by atoms with Gasteiger partial charge in [0.1, 0.15) is 0 Å². The zero-order valence-electron chi connectivity index (χ0n) is 11.4. The van der Waals surface area contributed by atoms with Gasteiger partial charge in [0.2, 0.25) is 0 Å². The fourth-order valence-corrected chi connectivity index (χ4v) is 2.35. The van der Waals surface area contributed by atoms with Crippen molar-refractivity contribution in [3.8, 4) is 5.69 Å². The zero-order chi connectivity index (χ0) is 14.8. The van der Waals surface area contributed by atoms with Crippen molar-refractivity contribution in [2.45, 2.75) is 0 Å². The number of benzene rings is 2. The Morgan fingerprint density at radius 3 is 2.67 bits per heavy atom. The number of aromatic nitrogens is 1. The third kappa shape index (κ3) is 2.31. The van der Waals surface area contributed by atoms with Crippen molar-refractivity contribution in [1.29, 1.82) is 0 Å². The minimum Gasteiger partial charge on any atom is -0.465 e. The molecule has 0 spiro atoms. The van der Waals surface area contributed by atoms with Crippen LogP contribution in [-0.2, 0) is 4.74 Å². The van der Waals surface area contributed by atoms with Crippen molar-refractivity contribution in [2.75, 3.05) is 7.11 Å². The number of hydrogen-bond acceptors (Lipinski definition) is 3. The molecule has 3 aromatic rings. The molecule has 0 unspecified atom stereocenters. The van der Waals surface area contributed by atoms with Crippen LogP contribution in [0.1, 0.15) is 10.4 Å². The Bertz CT molecular complexity index is 880. The molecule has 0 N–H and O–H groups in total. The monoisotopic (exact) mass is 279 g/mol. The standard InChI is InChI=1S/C17H13NO3/c1-21-17(20)13-8-9-14-12(11-13)5-4-6-15(14)18-10-3-2-7-16(18)19/h2-11H,1H3. The van der Waals surface area contributed by atoms with Gasteiger partial charge in [0.25, 0.3) is 5.56 Å². The van der Waals surface area contributed by atoms with Crippen molar-refractivity contribution >= 4 is 16.7 Å². The lowest BCUT2D eigenvalue weighted by atomic mass is 10.1. The summed E-state index contributed by atoms with van der Waals surface area (Å²) in [6.45, 7) is 0. The zero-order valence-corrected chi connectivity index (χ0v) is 11.4. The van der Waals surface area contributed by atoms with E-state index in [2.05, 4.69) is 0 Å². The molecular weight excluding hydrogens is 266 g/mol. The third-order valence-corrected chi connectivity index (χ3v) is 3.36. The lowest BCUT2D eigenvalue weighted by molar-refractivity contribution is 0.0601. The van der Waals surface area contributed by atoms with Gasteiger partial charge < -0.3 is 4.74 Å². The highest BCUT2D eigenvalue weighted by molar-refractivity contribution is 5.98. The average molecular weight is 279 g/mol. The van der Waals surface area contributed by atoms with Crippen LogP contribution in [0.3, 0.4) is 0 Å². The van der Waals surface area contributed by atoms with Crippen LogP contribution in [0, 0.1) is 0 Å². The van der Waals surface area contributed by atoms with E-state index in [-0.39, 0.29) is 11.5 Å². The molecule has 0 fully saturated rings. The van der Waals surface area contributed by atoms with Crippen LogP contribution in [0.5, 0.6) is 0 Å². The molecule has 0 radical (unpaired) electrons. The Hall–Kier alpha value is -2.88. The van der Waals surface area contributed by atoms with Crippen LogP contribution in [0.2, 0.25) is 0 Å². The summed E-state index contributed by atoms with van der Waals surface area (Å²) in [4.78, 5) is 23.6. The van der Waals surface area contributed by atoms with E-state index in [1.807, 2.05) is 30.3 Å². The van der Waals surface area contributed by atoms with E-state index >= 15 is 0 Å². The molecule has 0 bridgehead atoms. The van der Waals surface area contributed by atoms with E-state index in [1.54, 1.807) is 29.0 Å². The van der Waals surface area contributed by atoms with E-state index in [9.17, 15) is 9.59 Å². The first kappa shape index (κ1) is 13.1. The SMILES string of the molecule is COC(=O)c1ccc2c(-n3ccccc3=O)cccc2c1. The Balaban J connectivity index is 2.24. The second-order valence-corrected chi connectivity index (χ2v) is 4.61. The number of carbonyl (C=O) groups excluding carboxylic acids is 1. The minimum atomic E-state index is -0.376. The van der Waals surface area contributed by atoms with Crippen LogP contribution in [0.15, 0.2) is 65.6 Å². The van der Waals surface area contributed by atoms with Gasteiger partial charge in [-0.15, -0.1) is 0 Å². The maximum Gasteiger partial charge on any atom is 0.337 e. The molecule has 0 aliphatic rings. The maximum absolute atomic E-state index is 12.0. The number of esters is 1. The van der Waals surface area contributed by atoms with Crippen LogP contribution >= 0.6 is 0 Å². The number of carbonyl (C=O) groups is 1. The normalized spacial score (nSPS) is 10.5. The van der Waals surface area contributed by atoms with Crippen LogP contribution in [0.4, 0.5) is 0 Å². The summed E-state index contributed by atoms with van der Waals surface area (Å²) in [6.07, 6.45) is 1.73. The quantitative estimate of drug-likeness (QED) is 0.678. The third-order valence-electron chi connectivity index (χ3n) is 3.36. The van der Waals surface area contributed by atoms with Gasteiger partial charge >= 0.3 is 5.97 Å². The Kier molecular flexibility index (Phi) is 3.28. The highest BCUT2D eigenvalue weighted by Gasteiger charge is 2.09. The molecule has 0 amide bonds.